The molecule has 96 valence electrons. The second-order valence-electron chi connectivity index (χ2n) is 3.11. The number of nitrogens with one attached hydrogen (secondary N) is 1. The SMILES string of the molecule is N#CCC(=O)Nc1cc(Br)cc(OC(F)(F)F)c1. The van der Waals surface area contributed by atoms with Crippen molar-refractivity contribution in [3.8, 4) is 11.8 Å². The van der Waals surface area contributed by atoms with Gasteiger partial charge in [-0.2, -0.15) is 5.26 Å². The largest absolute Gasteiger partial charge is 0.573 e. The van der Waals surface area contributed by atoms with E-state index in [9.17, 15) is 18.0 Å². The van der Waals surface area contributed by atoms with Crippen LogP contribution in [0.15, 0.2) is 22.7 Å². The number of anilines is 1. The van der Waals surface area contributed by atoms with Crippen molar-refractivity contribution in [2.24, 2.45) is 0 Å². The fourth-order valence-corrected chi connectivity index (χ4v) is 1.58. The van der Waals surface area contributed by atoms with Gasteiger partial charge < -0.3 is 10.1 Å². The molecule has 0 aliphatic heterocycles. The molecule has 0 radical (unpaired) electrons. The van der Waals surface area contributed by atoms with E-state index in [0.29, 0.717) is 4.47 Å². The Morgan fingerprint density at radius 1 is 1.44 bits per heavy atom. The van der Waals surface area contributed by atoms with E-state index in [4.69, 9.17) is 5.26 Å². The highest BCUT2D eigenvalue weighted by Crippen LogP contribution is 2.29. The zero-order valence-corrected chi connectivity index (χ0v) is 10.3. The fraction of sp³-hybridized carbons (Fsp3) is 0.200. The van der Waals surface area contributed by atoms with Crippen molar-refractivity contribution in [1.29, 1.82) is 5.26 Å². The fourth-order valence-electron chi connectivity index (χ4n) is 1.10. The van der Waals surface area contributed by atoms with Gasteiger partial charge in [0, 0.05) is 16.2 Å². The molecule has 8 heteroatoms. The molecule has 4 nitrogen and oxygen atoms in total. The standard InChI is InChI=1S/C10H6BrF3N2O2/c11-6-3-7(16-9(17)1-2-15)5-8(4-6)18-10(12,13)14/h3-5H,1H2,(H,16,17). The van der Waals surface area contributed by atoms with E-state index in [1.54, 1.807) is 6.07 Å². The van der Waals surface area contributed by atoms with Crippen molar-refractivity contribution < 1.29 is 22.7 Å². The lowest BCUT2D eigenvalue weighted by Gasteiger charge is -2.11. The molecule has 0 aromatic heterocycles. The van der Waals surface area contributed by atoms with Crippen LogP contribution in [0.1, 0.15) is 6.42 Å². The number of rotatable bonds is 3. The normalized spacial score (nSPS) is 10.6. The van der Waals surface area contributed by atoms with Crippen LogP contribution in [0.25, 0.3) is 0 Å². The molecule has 0 aliphatic rings. The van der Waals surface area contributed by atoms with Gasteiger partial charge in [0.05, 0.1) is 6.07 Å². The Morgan fingerprint density at radius 2 is 2.11 bits per heavy atom. The predicted octanol–water partition coefficient (Wildman–Crippen LogP) is 3.20. The monoisotopic (exact) mass is 322 g/mol. The Balaban J connectivity index is 2.88. The van der Waals surface area contributed by atoms with Gasteiger partial charge in [0.25, 0.3) is 0 Å². The molecule has 0 saturated carbocycles. The molecule has 0 spiro atoms. The highest BCUT2D eigenvalue weighted by molar-refractivity contribution is 9.10. The summed E-state index contributed by atoms with van der Waals surface area (Å²) < 4.78 is 40.1. The summed E-state index contributed by atoms with van der Waals surface area (Å²) in [5, 5.41) is 10.6. The van der Waals surface area contributed by atoms with Gasteiger partial charge in [0.1, 0.15) is 12.2 Å². The number of carbonyl (C=O) groups is 1. The summed E-state index contributed by atoms with van der Waals surface area (Å²) in [6, 6.07) is 5.12. The predicted molar refractivity (Wildman–Crippen MR) is 59.7 cm³/mol. The Kier molecular flexibility index (Phi) is 4.55. The molecule has 0 bridgehead atoms. The third kappa shape index (κ3) is 5.05. The number of carbonyl (C=O) groups excluding carboxylic acids is 1. The zero-order valence-electron chi connectivity index (χ0n) is 8.71. The first-order valence-corrected chi connectivity index (χ1v) is 5.32. The van der Waals surface area contributed by atoms with Gasteiger partial charge in [0.15, 0.2) is 0 Å². The summed E-state index contributed by atoms with van der Waals surface area (Å²) in [6.07, 6.45) is -5.20. The molecule has 1 aromatic rings. The van der Waals surface area contributed by atoms with Gasteiger partial charge in [0.2, 0.25) is 5.91 Å². The van der Waals surface area contributed by atoms with Crippen LogP contribution < -0.4 is 10.1 Å². The van der Waals surface area contributed by atoms with Crippen LogP contribution in [-0.2, 0) is 4.79 Å². The average Bonchev–Trinajstić information content (AvgIpc) is 2.13. The maximum atomic E-state index is 12.0. The second kappa shape index (κ2) is 5.73. The van der Waals surface area contributed by atoms with Crippen LogP contribution in [0.3, 0.4) is 0 Å². The van der Waals surface area contributed by atoms with Crippen molar-refractivity contribution in [1.82, 2.24) is 0 Å². The number of benzene rings is 1. The topological polar surface area (TPSA) is 62.1 Å². The lowest BCUT2D eigenvalue weighted by Crippen LogP contribution is -2.17. The summed E-state index contributed by atoms with van der Waals surface area (Å²) in [5.74, 6) is -1.09. The molecular formula is C10H6BrF3N2O2. The van der Waals surface area contributed by atoms with Crippen LogP contribution >= 0.6 is 15.9 Å². The number of halogens is 4. The Bertz CT molecular complexity index is 497. The molecule has 0 heterocycles. The summed E-state index contributed by atoms with van der Waals surface area (Å²) in [6.45, 7) is 0. The van der Waals surface area contributed by atoms with Gasteiger partial charge in [-0.05, 0) is 12.1 Å². The van der Waals surface area contributed by atoms with Gasteiger partial charge in [-0.25, -0.2) is 0 Å². The minimum absolute atomic E-state index is 0.101. The van der Waals surface area contributed by atoms with Crippen LogP contribution in [0, 0.1) is 11.3 Å². The molecular weight excluding hydrogens is 317 g/mol. The highest BCUT2D eigenvalue weighted by Gasteiger charge is 2.31. The summed E-state index contributed by atoms with van der Waals surface area (Å²) in [7, 11) is 0. The smallest absolute Gasteiger partial charge is 0.406 e. The van der Waals surface area contributed by atoms with E-state index >= 15 is 0 Å². The van der Waals surface area contributed by atoms with Gasteiger partial charge in [-0.1, -0.05) is 15.9 Å². The molecule has 0 unspecified atom stereocenters. The Hall–Kier alpha value is -1.75. The molecule has 0 fully saturated rings. The molecule has 0 aliphatic carbocycles. The molecule has 1 rings (SSSR count). The maximum Gasteiger partial charge on any atom is 0.573 e. The molecule has 1 N–H and O–H groups in total. The highest BCUT2D eigenvalue weighted by atomic mass is 79.9. The quantitative estimate of drug-likeness (QED) is 0.929. The number of amides is 1. The first-order chi connectivity index (χ1) is 8.30. The molecule has 0 saturated heterocycles. The lowest BCUT2D eigenvalue weighted by atomic mass is 10.3. The summed E-state index contributed by atoms with van der Waals surface area (Å²) >= 11 is 2.99. The summed E-state index contributed by atoms with van der Waals surface area (Å²) in [4.78, 5) is 11.1. The molecule has 18 heavy (non-hydrogen) atoms. The Morgan fingerprint density at radius 3 is 2.67 bits per heavy atom. The van der Waals surface area contributed by atoms with Crippen molar-refractivity contribution in [3.63, 3.8) is 0 Å². The summed E-state index contributed by atoms with van der Waals surface area (Å²) in [5.41, 5.74) is 0.101. The van der Waals surface area contributed by atoms with Gasteiger partial charge >= 0.3 is 6.36 Å². The lowest BCUT2D eigenvalue weighted by molar-refractivity contribution is -0.274. The number of ether oxygens (including phenoxy) is 1. The molecule has 1 aromatic carbocycles. The van der Waals surface area contributed by atoms with Crippen LogP contribution in [0.4, 0.5) is 18.9 Å². The van der Waals surface area contributed by atoms with E-state index in [1.165, 1.54) is 6.07 Å². The number of nitriles is 1. The van der Waals surface area contributed by atoms with Gasteiger partial charge in [-0.15, -0.1) is 13.2 Å². The third-order valence-corrected chi connectivity index (χ3v) is 2.09. The van der Waals surface area contributed by atoms with Crippen LogP contribution in [0.5, 0.6) is 5.75 Å². The van der Waals surface area contributed by atoms with Crippen LogP contribution in [-0.4, -0.2) is 12.3 Å². The first kappa shape index (κ1) is 14.3. The minimum Gasteiger partial charge on any atom is -0.406 e. The molecule has 0 atom stereocenters. The second-order valence-corrected chi connectivity index (χ2v) is 4.02. The van der Waals surface area contributed by atoms with E-state index in [-0.39, 0.29) is 12.1 Å². The van der Waals surface area contributed by atoms with Gasteiger partial charge in [-0.3, -0.25) is 4.79 Å². The van der Waals surface area contributed by atoms with Crippen molar-refractivity contribution in [2.75, 3.05) is 5.32 Å². The maximum absolute atomic E-state index is 12.0. The van der Waals surface area contributed by atoms with Crippen LogP contribution in [0.2, 0.25) is 0 Å². The first-order valence-electron chi connectivity index (χ1n) is 4.53. The average molecular weight is 323 g/mol. The van der Waals surface area contributed by atoms with E-state index < -0.39 is 18.0 Å². The van der Waals surface area contributed by atoms with E-state index in [2.05, 4.69) is 26.0 Å². The minimum atomic E-state index is -4.81. The number of hydrogen-bond donors (Lipinski definition) is 1. The van der Waals surface area contributed by atoms with Crippen molar-refractivity contribution in [2.45, 2.75) is 12.8 Å². The zero-order chi connectivity index (χ0) is 13.8. The van der Waals surface area contributed by atoms with E-state index in [1.807, 2.05) is 0 Å². The molecule has 1 amide bonds. The van der Waals surface area contributed by atoms with E-state index in [0.717, 1.165) is 12.1 Å². The number of alkyl halides is 3. The number of nitrogens with zero attached hydrogens (tertiary/aromatic N) is 1. The van der Waals surface area contributed by atoms with Crippen molar-refractivity contribution >= 4 is 27.5 Å². The van der Waals surface area contributed by atoms with Crippen molar-refractivity contribution in [3.05, 3.63) is 22.7 Å². The number of hydrogen-bond acceptors (Lipinski definition) is 3. The Labute approximate surface area is 108 Å². The third-order valence-electron chi connectivity index (χ3n) is 1.63.